The Morgan fingerprint density at radius 3 is 2.70 bits per heavy atom. The average Bonchev–Trinajstić information content (AvgIpc) is 2.67. The first-order chi connectivity index (χ1) is 13.0. The molecule has 0 bridgehead atoms. The normalized spacial score (nSPS) is 15.7. The molecule has 0 radical (unpaired) electrons. The monoisotopic (exact) mass is 389 g/mol. The lowest BCUT2D eigenvalue weighted by atomic mass is 10.0. The van der Waals surface area contributed by atoms with Crippen molar-refractivity contribution < 1.29 is 9.18 Å². The molecule has 0 N–H and O–H groups in total. The summed E-state index contributed by atoms with van der Waals surface area (Å²) in [7, 11) is 2.07. The second kappa shape index (κ2) is 8.81. The smallest absolute Gasteiger partial charge is 0.170 e. The van der Waals surface area contributed by atoms with Gasteiger partial charge in [0, 0.05) is 31.7 Å². The summed E-state index contributed by atoms with van der Waals surface area (Å²) >= 11 is 6.00. The molecule has 144 valence electrons. The second-order valence-electron chi connectivity index (χ2n) is 6.99. The summed E-state index contributed by atoms with van der Waals surface area (Å²) in [5.41, 5.74) is 1.02. The third-order valence-corrected chi connectivity index (χ3v) is 5.59. The summed E-state index contributed by atoms with van der Waals surface area (Å²) in [6.07, 6.45) is 2.36. The number of pyridine rings is 1. The number of aromatic nitrogens is 1. The number of carbonyl (C=O) groups is 1. The van der Waals surface area contributed by atoms with Crippen LogP contribution in [0.5, 0.6) is 0 Å². The molecule has 3 rings (SSSR count). The lowest BCUT2D eigenvalue weighted by molar-refractivity contribution is 0.0992. The van der Waals surface area contributed by atoms with E-state index in [9.17, 15) is 9.18 Å². The number of carbonyl (C=O) groups excluding carboxylic acids is 1. The lowest BCUT2D eigenvalue weighted by Crippen LogP contribution is -2.43. The van der Waals surface area contributed by atoms with Crippen LogP contribution in [0.1, 0.15) is 35.8 Å². The molecule has 1 saturated heterocycles. The molecular weight excluding hydrogens is 365 g/mol. The molecule has 4 nitrogen and oxygen atoms in total. The molecule has 2 heterocycles. The number of halogens is 2. The molecule has 1 aliphatic rings. The van der Waals surface area contributed by atoms with Gasteiger partial charge >= 0.3 is 0 Å². The largest absolute Gasteiger partial charge is 0.357 e. The van der Waals surface area contributed by atoms with Crippen molar-refractivity contribution in [3.05, 3.63) is 58.5 Å². The molecule has 0 spiro atoms. The Balaban J connectivity index is 1.69. The number of hydrogen-bond acceptors (Lipinski definition) is 4. The third kappa shape index (κ3) is 4.85. The van der Waals surface area contributed by atoms with Crippen LogP contribution >= 0.6 is 11.6 Å². The molecule has 2 aromatic rings. The van der Waals surface area contributed by atoms with Gasteiger partial charge in [0.2, 0.25) is 0 Å². The van der Waals surface area contributed by atoms with Crippen molar-refractivity contribution in [1.82, 2.24) is 9.88 Å². The van der Waals surface area contributed by atoms with Crippen molar-refractivity contribution in [1.29, 1.82) is 0 Å². The minimum atomic E-state index is -0.451. The molecule has 1 aliphatic heterocycles. The highest BCUT2D eigenvalue weighted by molar-refractivity contribution is 6.34. The summed E-state index contributed by atoms with van der Waals surface area (Å²) in [5.74, 6) is 0.261. The first kappa shape index (κ1) is 19.8. The first-order valence-electron chi connectivity index (χ1n) is 9.37. The SMILES string of the molecule is CCN1CCC(N(C)c2cccc(CC(=O)c3ccc(F)cc3Cl)n2)CC1. The maximum Gasteiger partial charge on any atom is 0.170 e. The minimum absolute atomic E-state index is 0.135. The van der Waals surface area contributed by atoms with E-state index < -0.39 is 5.82 Å². The Kier molecular flexibility index (Phi) is 6.45. The van der Waals surface area contributed by atoms with Gasteiger partial charge < -0.3 is 9.80 Å². The molecule has 1 fully saturated rings. The molecule has 27 heavy (non-hydrogen) atoms. The van der Waals surface area contributed by atoms with Crippen molar-refractivity contribution in [2.24, 2.45) is 0 Å². The predicted molar refractivity (Wildman–Crippen MR) is 107 cm³/mol. The molecule has 0 unspecified atom stereocenters. The zero-order valence-electron chi connectivity index (χ0n) is 15.8. The number of likely N-dealkylation sites (tertiary alicyclic amines) is 1. The molecule has 6 heteroatoms. The fourth-order valence-electron chi connectivity index (χ4n) is 3.55. The maximum absolute atomic E-state index is 13.2. The molecule has 1 aromatic carbocycles. The van der Waals surface area contributed by atoms with Crippen molar-refractivity contribution in [2.45, 2.75) is 32.2 Å². The zero-order valence-corrected chi connectivity index (χ0v) is 16.5. The van der Waals surface area contributed by atoms with Gasteiger partial charge in [-0.3, -0.25) is 4.79 Å². The van der Waals surface area contributed by atoms with E-state index in [2.05, 4.69) is 28.8 Å². The van der Waals surface area contributed by atoms with Crippen LogP contribution in [0.4, 0.5) is 10.2 Å². The van der Waals surface area contributed by atoms with Crippen LogP contribution < -0.4 is 4.90 Å². The van der Waals surface area contributed by atoms with E-state index in [-0.39, 0.29) is 17.2 Å². The van der Waals surface area contributed by atoms with E-state index in [1.54, 1.807) is 0 Å². The number of nitrogens with zero attached hydrogens (tertiary/aromatic N) is 3. The maximum atomic E-state index is 13.2. The lowest BCUT2D eigenvalue weighted by Gasteiger charge is -2.37. The quantitative estimate of drug-likeness (QED) is 0.693. The van der Waals surface area contributed by atoms with E-state index in [0.717, 1.165) is 44.4 Å². The topological polar surface area (TPSA) is 36.4 Å². The molecule has 0 saturated carbocycles. The van der Waals surface area contributed by atoms with Crippen LogP contribution in [0.15, 0.2) is 36.4 Å². The van der Waals surface area contributed by atoms with Crippen LogP contribution in [0.25, 0.3) is 0 Å². The minimum Gasteiger partial charge on any atom is -0.357 e. The highest BCUT2D eigenvalue weighted by Crippen LogP contribution is 2.22. The second-order valence-corrected chi connectivity index (χ2v) is 7.39. The number of ketones is 1. The van der Waals surface area contributed by atoms with Gasteiger partial charge in [-0.1, -0.05) is 24.6 Å². The number of hydrogen-bond donors (Lipinski definition) is 0. The molecule has 0 aliphatic carbocycles. The van der Waals surface area contributed by atoms with Crippen molar-refractivity contribution in [2.75, 3.05) is 31.6 Å². The van der Waals surface area contributed by atoms with E-state index >= 15 is 0 Å². The Labute approximate surface area is 165 Å². The van der Waals surface area contributed by atoms with Crippen molar-refractivity contribution in [3.8, 4) is 0 Å². The number of benzene rings is 1. The van der Waals surface area contributed by atoms with Crippen LogP contribution in [-0.4, -0.2) is 48.4 Å². The van der Waals surface area contributed by atoms with Crippen LogP contribution in [0, 0.1) is 5.82 Å². The van der Waals surface area contributed by atoms with Crippen LogP contribution in [-0.2, 0) is 6.42 Å². The molecular formula is C21H25ClFN3O. The predicted octanol–water partition coefficient (Wildman–Crippen LogP) is 4.22. The molecule has 0 amide bonds. The average molecular weight is 390 g/mol. The number of piperidine rings is 1. The van der Waals surface area contributed by atoms with Gasteiger partial charge in [0.05, 0.1) is 17.1 Å². The first-order valence-corrected chi connectivity index (χ1v) is 9.75. The van der Waals surface area contributed by atoms with Crippen molar-refractivity contribution in [3.63, 3.8) is 0 Å². The standard InChI is InChI=1S/C21H25ClFN3O/c1-3-26-11-9-17(10-12-26)25(2)21-6-4-5-16(24-21)14-20(27)18-8-7-15(23)13-19(18)22/h4-8,13,17H,3,9-12,14H2,1-2H3. The number of rotatable bonds is 6. The van der Waals surface area contributed by atoms with E-state index in [1.165, 1.54) is 12.1 Å². The molecule has 0 atom stereocenters. The Morgan fingerprint density at radius 1 is 1.30 bits per heavy atom. The number of anilines is 1. The third-order valence-electron chi connectivity index (χ3n) is 5.28. The van der Waals surface area contributed by atoms with Gasteiger partial charge in [-0.15, -0.1) is 0 Å². The summed E-state index contributed by atoms with van der Waals surface area (Å²) in [6.45, 7) is 5.50. The van der Waals surface area contributed by atoms with Gasteiger partial charge in [-0.2, -0.15) is 0 Å². The highest BCUT2D eigenvalue weighted by atomic mass is 35.5. The van der Waals surface area contributed by atoms with Gasteiger partial charge in [0.25, 0.3) is 0 Å². The summed E-state index contributed by atoms with van der Waals surface area (Å²) in [4.78, 5) is 21.9. The Hall–Kier alpha value is -1.98. The number of Topliss-reactive ketones (excluding diaryl/α,β-unsaturated/α-hetero) is 1. The van der Waals surface area contributed by atoms with Gasteiger partial charge in [-0.25, -0.2) is 9.37 Å². The van der Waals surface area contributed by atoms with Crippen molar-refractivity contribution >= 4 is 23.2 Å². The summed E-state index contributed by atoms with van der Waals surface area (Å²) in [6, 6.07) is 10.0. The fraction of sp³-hybridized carbons (Fsp3) is 0.429. The summed E-state index contributed by atoms with van der Waals surface area (Å²) < 4.78 is 13.2. The van der Waals surface area contributed by atoms with Gasteiger partial charge in [0.1, 0.15) is 11.6 Å². The van der Waals surface area contributed by atoms with E-state index in [1.807, 2.05) is 18.2 Å². The van der Waals surface area contributed by atoms with E-state index in [4.69, 9.17) is 11.6 Å². The zero-order chi connectivity index (χ0) is 19.4. The highest BCUT2D eigenvalue weighted by Gasteiger charge is 2.23. The van der Waals surface area contributed by atoms with E-state index in [0.29, 0.717) is 17.3 Å². The van der Waals surface area contributed by atoms with Crippen LogP contribution in [0.3, 0.4) is 0 Å². The van der Waals surface area contributed by atoms with Crippen LogP contribution in [0.2, 0.25) is 5.02 Å². The Morgan fingerprint density at radius 2 is 2.04 bits per heavy atom. The summed E-state index contributed by atoms with van der Waals surface area (Å²) in [5, 5.41) is 0.135. The fourth-order valence-corrected chi connectivity index (χ4v) is 3.82. The van der Waals surface area contributed by atoms with Gasteiger partial charge in [0.15, 0.2) is 5.78 Å². The Bertz CT molecular complexity index is 806. The molecule has 1 aromatic heterocycles. The van der Waals surface area contributed by atoms with Gasteiger partial charge in [-0.05, 0) is 49.7 Å².